The molecule has 0 fully saturated rings. The molecule has 0 saturated heterocycles. The van der Waals surface area contributed by atoms with Gasteiger partial charge in [-0.05, 0) is 70.7 Å². The smallest absolute Gasteiger partial charge is 0.159 e. The Kier molecular flexibility index (Phi) is 6.57. The fourth-order valence-corrected chi connectivity index (χ4v) is 3.92. The summed E-state index contributed by atoms with van der Waals surface area (Å²) in [6.07, 6.45) is 2.95. The van der Waals surface area contributed by atoms with Gasteiger partial charge in [-0.3, -0.25) is 0 Å². The van der Waals surface area contributed by atoms with Gasteiger partial charge >= 0.3 is 0 Å². The van der Waals surface area contributed by atoms with Gasteiger partial charge in [0.15, 0.2) is 11.6 Å². The zero-order chi connectivity index (χ0) is 21.6. The van der Waals surface area contributed by atoms with E-state index < -0.39 is 11.6 Å². The zero-order valence-electron chi connectivity index (χ0n) is 17.7. The highest BCUT2D eigenvalue weighted by atomic mass is 19.2. The van der Waals surface area contributed by atoms with Crippen molar-refractivity contribution in [2.24, 2.45) is 0 Å². The molecule has 0 radical (unpaired) electrons. The van der Waals surface area contributed by atoms with E-state index in [2.05, 4.69) is 73.7 Å². The van der Waals surface area contributed by atoms with E-state index in [4.69, 9.17) is 0 Å². The molecular weight excluding hydrogens is 386 g/mol. The number of hydrogen-bond acceptors (Lipinski definition) is 0. The van der Waals surface area contributed by atoms with Gasteiger partial charge in [-0.25, -0.2) is 8.78 Å². The molecule has 31 heavy (non-hydrogen) atoms. The predicted octanol–water partition coefficient (Wildman–Crippen LogP) is 7.76. The summed E-state index contributed by atoms with van der Waals surface area (Å²) in [5.41, 5.74) is 6.86. The highest BCUT2D eigenvalue weighted by Crippen LogP contribution is 2.23. The van der Waals surface area contributed by atoms with Gasteiger partial charge in [-0.1, -0.05) is 91.9 Å². The number of hydrogen-bond donors (Lipinski definition) is 0. The van der Waals surface area contributed by atoms with E-state index >= 15 is 0 Å². The van der Waals surface area contributed by atoms with Crippen LogP contribution in [0.2, 0.25) is 0 Å². The van der Waals surface area contributed by atoms with Gasteiger partial charge < -0.3 is 0 Å². The SMILES string of the molecule is C[C@@H](Cc1ccc(CCc2ccc(-c3ccc(F)c(F)c3)cc2)cc1)c1ccccc1. The summed E-state index contributed by atoms with van der Waals surface area (Å²) >= 11 is 0. The number of rotatable bonds is 7. The Labute approximate surface area is 183 Å². The van der Waals surface area contributed by atoms with Crippen LogP contribution in [0.5, 0.6) is 0 Å². The molecule has 0 aliphatic heterocycles. The molecule has 0 spiro atoms. The lowest BCUT2D eigenvalue weighted by atomic mass is 9.93. The van der Waals surface area contributed by atoms with Gasteiger partial charge in [0, 0.05) is 0 Å². The molecular formula is C29H26F2. The third kappa shape index (κ3) is 5.46. The molecule has 156 valence electrons. The molecule has 0 amide bonds. The van der Waals surface area contributed by atoms with Crippen LogP contribution < -0.4 is 0 Å². The molecule has 0 saturated carbocycles. The minimum Gasteiger partial charge on any atom is -0.204 e. The first-order valence-electron chi connectivity index (χ1n) is 10.8. The molecule has 0 unspecified atom stereocenters. The highest BCUT2D eigenvalue weighted by Gasteiger charge is 2.07. The Morgan fingerprint density at radius 3 is 1.74 bits per heavy atom. The standard InChI is InChI=1S/C29H26F2/c1-21(25-5-3-2-4-6-25)19-24-11-9-22(10-12-24)7-8-23-13-15-26(16-14-23)27-17-18-28(30)29(31)20-27/h2-6,9-18,20-21H,7-8,19H2,1H3/t21-/m0/s1. The van der Waals surface area contributed by atoms with Crippen molar-refractivity contribution in [3.8, 4) is 11.1 Å². The maximum Gasteiger partial charge on any atom is 0.159 e. The minimum absolute atomic E-state index is 0.500. The van der Waals surface area contributed by atoms with E-state index in [0.717, 1.165) is 24.8 Å². The highest BCUT2D eigenvalue weighted by molar-refractivity contribution is 5.63. The van der Waals surface area contributed by atoms with Crippen LogP contribution in [0.4, 0.5) is 8.78 Å². The van der Waals surface area contributed by atoms with Gasteiger partial charge in [0.25, 0.3) is 0 Å². The van der Waals surface area contributed by atoms with Gasteiger partial charge in [0.05, 0.1) is 0 Å². The maximum atomic E-state index is 13.5. The second kappa shape index (κ2) is 9.70. The largest absolute Gasteiger partial charge is 0.204 e. The van der Waals surface area contributed by atoms with Crippen LogP contribution in [-0.4, -0.2) is 0 Å². The Balaban J connectivity index is 1.33. The number of benzene rings is 4. The van der Waals surface area contributed by atoms with E-state index in [0.29, 0.717) is 11.5 Å². The van der Waals surface area contributed by atoms with Gasteiger partial charge in [-0.2, -0.15) is 0 Å². The molecule has 1 atom stereocenters. The first-order valence-corrected chi connectivity index (χ1v) is 10.8. The lowest BCUT2D eigenvalue weighted by Crippen LogP contribution is -1.99. The fourth-order valence-electron chi connectivity index (χ4n) is 3.92. The van der Waals surface area contributed by atoms with Crippen LogP contribution in [0.3, 0.4) is 0 Å². The van der Waals surface area contributed by atoms with Crippen LogP contribution >= 0.6 is 0 Å². The molecule has 0 bridgehead atoms. The van der Waals surface area contributed by atoms with Crippen LogP contribution in [0.15, 0.2) is 97.1 Å². The van der Waals surface area contributed by atoms with E-state index in [1.165, 1.54) is 34.4 Å². The molecule has 4 rings (SSSR count). The fraction of sp³-hybridized carbons (Fsp3) is 0.172. The molecule has 0 aromatic heterocycles. The summed E-state index contributed by atoms with van der Waals surface area (Å²) in [4.78, 5) is 0. The average Bonchev–Trinajstić information content (AvgIpc) is 2.81. The van der Waals surface area contributed by atoms with Crippen LogP contribution in [0.1, 0.15) is 35.1 Å². The van der Waals surface area contributed by atoms with Crippen molar-refractivity contribution < 1.29 is 8.78 Å². The monoisotopic (exact) mass is 412 g/mol. The van der Waals surface area contributed by atoms with E-state index in [1.54, 1.807) is 6.07 Å². The van der Waals surface area contributed by atoms with Crippen LogP contribution in [0.25, 0.3) is 11.1 Å². The van der Waals surface area contributed by atoms with Crippen molar-refractivity contribution in [3.05, 3.63) is 131 Å². The molecule has 0 N–H and O–H groups in total. The summed E-state index contributed by atoms with van der Waals surface area (Å²) in [6, 6.07) is 31.6. The Bertz CT molecular complexity index is 1110. The van der Waals surface area contributed by atoms with Crippen LogP contribution in [-0.2, 0) is 19.3 Å². The first kappa shape index (κ1) is 21.0. The summed E-state index contributed by atoms with van der Waals surface area (Å²) in [7, 11) is 0. The lowest BCUT2D eigenvalue weighted by Gasteiger charge is -2.12. The summed E-state index contributed by atoms with van der Waals surface area (Å²) in [5, 5.41) is 0. The third-order valence-electron chi connectivity index (χ3n) is 5.84. The van der Waals surface area contributed by atoms with Crippen molar-refractivity contribution in [1.82, 2.24) is 0 Å². The summed E-state index contributed by atoms with van der Waals surface area (Å²) in [6.45, 7) is 2.27. The quantitative estimate of drug-likeness (QED) is 0.291. The minimum atomic E-state index is -0.819. The average molecular weight is 413 g/mol. The second-order valence-corrected chi connectivity index (χ2v) is 8.16. The lowest BCUT2D eigenvalue weighted by molar-refractivity contribution is 0.509. The Morgan fingerprint density at radius 1 is 0.581 bits per heavy atom. The first-order chi connectivity index (χ1) is 15.1. The van der Waals surface area contributed by atoms with Gasteiger partial charge in [-0.15, -0.1) is 0 Å². The summed E-state index contributed by atoms with van der Waals surface area (Å²) < 4.78 is 26.6. The Hall–Kier alpha value is -3.26. The maximum absolute atomic E-state index is 13.5. The van der Waals surface area contributed by atoms with Crippen molar-refractivity contribution in [3.63, 3.8) is 0 Å². The normalized spacial score (nSPS) is 12.0. The number of halogens is 2. The number of aryl methyl sites for hydroxylation is 2. The third-order valence-corrected chi connectivity index (χ3v) is 5.84. The molecule has 2 heteroatoms. The molecule has 0 aliphatic carbocycles. The summed E-state index contributed by atoms with van der Waals surface area (Å²) in [5.74, 6) is -1.13. The molecule has 0 heterocycles. The van der Waals surface area contributed by atoms with Crippen molar-refractivity contribution >= 4 is 0 Å². The van der Waals surface area contributed by atoms with E-state index in [1.807, 2.05) is 12.1 Å². The van der Waals surface area contributed by atoms with Crippen molar-refractivity contribution in [2.75, 3.05) is 0 Å². The molecule has 0 aliphatic rings. The molecule has 4 aromatic rings. The van der Waals surface area contributed by atoms with E-state index in [9.17, 15) is 8.78 Å². The zero-order valence-corrected chi connectivity index (χ0v) is 17.7. The topological polar surface area (TPSA) is 0 Å². The van der Waals surface area contributed by atoms with Crippen molar-refractivity contribution in [2.45, 2.75) is 32.1 Å². The Morgan fingerprint density at radius 2 is 1.13 bits per heavy atom. The molecule has 0 nitrogen and oxygen atoms in total. The van der Waals surface area contributed by atoms with Crippen molar-refractivity contribution in [1.29, 1.82) is 0 Å². The predicted molar refractivity (Wildman–Crippen MR) is 124 cm³/mol. The van der Waals surface area contributed by atoms with E-state index in [-0.39, 0.29) is 0 Å². The van der Waals surface area contributed by atoms with Gasteiger partial charge in [0.1, 0.15) is 0 Å². The second-order valence-electron chi connectivity index (χ2n) is 8.16. The van der Waals surface area contributed by atoms with Crippen LogP contribution in [0, 0.1) is 11.6 Å². The molecule has 4 aromatic carbocycles. The van der Waals surface area contributed by atoms with Gasteiger partial charge in [0.2, 0.25) is 0 Å².